The number of ether oxygens (including phenoxy) is 2. The molecule has 5 rings (SSSR count). The Morgan fingerprint density at radius 2 is 2.00 bits per heavy atom. The Morgan fingerprint density at radius 3 is 2.77 bits per heavy atom. The fourth-order valence-electron chi connectivity index (χ4n) is 3.58. The van der Waals surface area contributed by atoms with Crippen LogP contribution in [0, 0.1) is 0 Å². The molecular formula is C22H21N7O2. The van der Waals surface area contributed by atoms with E-state index in [-0.39, 0.29) is 0 Å². The monoisotopic (exact) mass is 415 g/mol. The van der Waals surface area contributed by atoms with E-state index in [2.05, 4.69) is 31.0 Å². The highest BCUT2D eigenvalue weighted by molar-refractivity contribution is 6.09. The number of pyridine rings is 1. The molecule has 0 amide bonds. The molecule has 1 aliphatic heterocycles. The van der Waals surface area contributed by atoms with Gasteiger partial charge < -0.3 is 14.4 Å². The maximum Gasteiger partial charge on any atom is 0.318 e. The van der Waals surface area contributed by atoms with E-state index in [4.69, 9.17) is 14.5 Å². The van der Waals surface area contributed by atoms with Crippen LogP contribution in [0.15, 0.2) is 53.9 Å². The molecule has 0 saturated carbocycles. The van der Waals surface area contributed by atoms with E-state index in [1.807, 2.05) is 49.1 Å². The SMILES string of the molecule is CCOc1ncc2c(n1)N(c1ccc(OC)nc1)CC(c1ccc3nn(C)cc3c1)=N2. The molecule has 0 radical (unpaired) electrons. The van der Waals surface area contributed by atoms with Crippen LogP contribution in [0.25, 0.3) is 10.9 Å². The van der Waals surface area contributed by atoms with E-state index < -0.39 is 0 Å². The average molecular weight is 415 g/mol. The van der Waals surface area contributed by atoms with Crippen molar-refractivity contribution < 1.29 is 9.47 Å². The molecule has 4 aromatic rings. The molecule has 156 valence electrons. The van der Waals surface area contributed by atoms with Gasteiger partial charge in [-0.3, -0.25) is 4.68 Å². The number of aliphatic imine (C=N–C) groups is 1. The van der Waals surface area contributed by atoms with E-state index >= 15 is 0 Å². The van der Waals surface area contributed by atoms with Crippen LogP contribution in [0.1, 0.15) is 12.5 Å². The molecule has 0 N–H and O–H groups in total. The molecule has 0 unspecified atom stereocenters. The second-order valence-electron chi connectivity index (χ2n) is 7.07. The van der Waals surface area contributed by atoms with E-state index in [1.54, 1.807) is 19.5 Å². The molecule has 3 aromatic heterocycles. The summed E-state index contributed by atoms with van der Waals surface area (Å²) in [5.74, 6) is 1.23. The Hall–Kier alpha value is -4.01. The standard InChI is InChI=1S/C22H21N7O2/c1-4-31-22-24-11-18-21(26-22)29(16-6-8-20(30-3)23-10-16)13-19(25-18)14-5-7-17-15(9-14)12-28(2)27-17/h5-12H,4,13H2,1-3H3. The minimum atomic E-state index is 0.322. The number of hydrogen-bond acceptors (Lipinski definition) is 8. The lowest BCUT2D eigenvalue weighted by molar-refractivity contribution is 0.313. The predicted octanol–water partition coefficient (Wildman–Crippen LogP) is 3.44. The molecular weight excluding hydrogens is 394 g/mol. The van der Waals surface area contributed by atoms with E-state index in [0.717, 1.165) is 27.9 Å². The third-order valence-electron chi connectivity index (χ3n) is 5.01. The van der Waals surface area contributed by atoms with Crippen molar-refractivity contribution in [2.45, 2.75) is 6.92 Å². The summed E-state index contributed by atoms with van der Waals surface area (Å²) in [6.45, 7) is 2.91. The average Bonchev–Trinajstić information content (AvgIpc) is 3.18. The second-order valence-corrected chi connectivity index (χ2v) is 7.07. The first-order valence-corrected chi connectivity index (χ1v) is 9.93. The molecule has 0 bridgehead atoms. The number of hydrogen-bond donors (Lipinski definition) is 0. The molecule has 4 heterocycles. The van der Waals surface area contributed by atoms with Crippen LogP contribution in [0.4, 0.5) is 17.2 Å². The molecule has 0 saturated heterocycles. The van der Waals surface area contributed by atoms with Gasteiger partial charge in [0.25, 0.3) is 0 Å². The predicted molar refractivity (Wildman–Crippen MR) is 118 cm³/mol. The topological polar surface area (TPSA) is 90.5 Å². The minimum absolute atomic E-state index is 0.322. The number of nitrogens with zero attached hydrogens (tertiary/aromatic N) is 7. The lowest BCUT2D eigenvalue weighted by atomic mass is 10.1. The van der Waals surface area contributed by atoms with Crippen LogP contribution < -0.4 is 14.4 Å². The maximum absolute atomic E-state index is 5.51. The van der Waals surface area contributed by atoms with Crippen molar-refractivity contribution in [3.05, 3.63) is 54.5 Å². The van der Waals surface area contributed by atoms with Gasteiger partial charge >= 0.3 is 6.01 Å². The number of aromatic nitrogens is 5. The van der Waals surface area contributed by atoms with E-state index in [1.165, 1.54) is 0 Å². The molecule has 9 heteroatoms. The second kappa shape index (κ2) is 7.67. The summed E-state index contributed by atoms with van der Waals surface area (Å²) >= 11 is 0. The zero-order valence-electron chi connectivity index (χ0n) is 17.5. The Balaban J connectivity index is 1.61. The largest absolute Gasteiger partial charge is 0.481 e. The van der Waals surface area contributed by atoms with Crippen LogP contribution in [0.2, 0.25) is 0 Å². The van der Waals surface area contributed by atoms with Gasteiger partial charge in [-0.15, -0.1) is 0 Å². The first-order valence-electron chi connectivity index (χ1n) is 9.93. The number of benzene rings is 1. The number of aryl methyl sites for hydroxylation is 1. The van der Waals surface area contributed by atoms with Crippen LogP contribution in [-0.4, -0.2) is 50.7 Å². The molecule has 0 fully saturated rings. The number of rotatable bonds is 5. The van der Waals surface area contributed by atoms with Crippen LogP contribution >= 0.6 is 0 Å². The summed E-state index contributed by atoms with van der Waals surface area (Å²) < 4.78 is 12.5. The minimum Gasteiger partial charge on any atom is -0.481 e. The van der Waals surface area contributed by atoms with Gasteiger partial charge in [0.15, 0.2) is 5.82 Å². The highest BCUT2D eigenvalue weighted by Crippen LogP contribution is 2.37. The Morgan fingerprint density at radius 1 is 1.10 bits per heavy atom. The van der Waals surface area contributed by atoms with Crippen molar-refractivity contribution >= 4 is 33.8 Å². The van der Waals surface area contributed by atoms with Crippen LogP contribution in [0.5, 0.6) is 11.9 Å². The van der Waals surface area contributed by atoms with Gasteiger partial charge in [-0.05, 0) is 30.7 Å². The van der Waals surface area contributed by atoms with Gasteiger partial charge in [0.2, 0.25) is 5.88 Å². The Labute approximate surface area is 179 Å². The lowest BCUT2D eigenvalue weighted by Gasteiger charge is -2.29. The molecule has 1 aliphatic rings. The van der Waals surface area contributed by atoms with Gasteiger partial charge in [-0.2, -0.15) is 10.1 Å². The molecule has 0 atom stereocenters. The summed E-state index contributed by atoms with van der Waals surface area (Å²) in [5.41, 5.74) is 4.42. The third-order valence-corrected chi connectivity index (χ3v) is 5.01. The Bertz CT molecular complexity index is 1280. The third kappa shape index (κ3) is 3.54. The normalized spacial score (nSPS) is 13.1. The maximum atomic E-state index is 5.51. The van der Waals surface area contributed by atoms with Gasteiger partial charge in [0.05, 0.1) is 49.6 Å². The van der Waals surface area contributed by atoms with Crippen molar-refractivity contribution in [3.63, 3.8) is 0 Å². The van der Waals surface area contributed by atoms with Crippen LogP contribution in [0.3, 0.4) is 0 Å². The van der Waals surface area contributed by atoms with Crippen LogP contribution in [-0.2, 0) is 7.05 Å². The highest BCUT2D eigenvalue weighted by atomic mass is 16.5. The smallest absolute Gasteiger partial charge is 0.318 e. The lowest BCUT2D eigenvalue weighted by Crippen LogP contribution is -2.30. The summed E-state index contributed by atoms with van der Waals surface area (Å²) in [4.78, 5) is 20.2. The fraction of sp³-hybridized carbons (Fsp3) is 0.227. The molecule has 9 nitrogen and oxygen atoms in total. The van der Waals surface area contributed by atoms with Gasteiger partial charge in [0.1, 0.15) is 5.69 Å². The van der Waals surface area contributed by atoms with Gasteiger partial charge in [-0.25, -0.2) is 15.0 Å². The number of fused-ring (bicyclic) bond motifs is 2. The molecule has 31 heavy (non-hydrogen) atoms. The number of methoxy groups -OCH3 is 1. The van der Waals surface area contributed by atoms with Crippen molar-refractivity contribution in [1.82, 2.24) is 24.7 Å². The van der Waals surface area contributed by atoms with Crippen molar-refractivity contribution in [1.29, 1.82) is 0 Å². The zero-order chi connectivity index (χ0) is 21.4. The van der Waals surface area contributed by atoms with Crippen molar-refractivity contribution in [2.75, 3.05) is 25.2 Å². The number of anilines is 2. The van der Waals surface area contributed by atoms with Gasteiger partial charge in [-0.1, -0.05) is 6.07 Å². The molecule has 0 spiro atoms. The van der Waals surface area contributed by atoms with Crippen molar-refractivity contribution in [3.8, 4) is 11.9 Å². The van der Waals surface area contributed by atoms with Gasteiger partial charge in [0, 0.05) is 24.7 Å². The molecule has 0 aliphatic carbocycles. The van der Waals surface area contributed by atoms with E-state index in [9.17, 15) is 0 Å². The summed E-state index contributed by atoms with van der Waals surface area (Å²) in [6.07, 6.45) is 5.45. The summed E-state index contributed by atoms with van der Waals surface area (Å²) in [7, 11) is 3.51. The first kappa shape index (κ1) is 19.0. The first-order chi connectivity index (χ1) is 15.1. The highest BCUT2D eigenvalue weighted by Gasteiger charge is 2.25. The zero-order valence-corrected chi connectivity index (χ0v) is 17.5. The summed E-state index contributed by atoms with van der Waals surface area (Å²) in [6, 6.07) is 10.3. The van der Waals surface area contributed by atoms with Crippen molar-refractivity contribution in [2.24, 2.45) is 12.0 Å². The van der Waals surface area contributed by atoms with E-state index in [0.29, 0.717) is 36.5 Å². The summed E-state index contributed by atoms with van der Waals surface area (Å²) in [5, 5.41) is 5.52. The molecule has 1 aromatic carbocycles. The fourth-order valence-corrected chi connectivity index (χ4v) is 3.58. The Kier molecular flexibility index (Phi) is 4.70. The quantitative estimate of drug-likeness (QED) is 0.493.